The molecule has 0 saturated carbocycles. The molecule has 0 amide bonds. The van der Waals surface area contributed by atoms with Crippen molar-refractivity contribution in [3.05, 3.63) is 35.9 Å². The van der Waals surface area contributed by atoms with Crippen molar-refractivity contribution in [3.8, 4) is 5.88 Å². The largest absolute Gasteiger partial charge is 0.481 e. The number of hydrogen-bond acceptors (Lipinski definition) is 5. The first-order valence-electron chi connectivity index (χ1n) is 5.82. The molecule has 0 saturated heterocycles. The fourth-order valence-corrected chi connectivity index (χ4v) is 2.25. The lowest BCUT2D eigenvalue weighted by atomic mass is 10.2. The van der Waals surface area contributed by atoms with E-state index in [1.807, 2.05) is 6.07 Å². The second kappa shape index (κ2) is 4.18. The van der Waals surface area contributed by atoms with Crippen LogP contribution in [0.25, 0.3) is 0 Å². The summed E-state index contributed by atoms with van der Waals surface area (Å²) in [5.74, 6) is 1.50. The maximum absolute atomic E-state index is 5.69. The molecule has 5 nitrogen and oxygen atoms in total. The molecular weight excluding hydrogens is 228 g/mol. The monoisotopic (exact) mass is 242 g/mol. The van der Waals surface area contributed by atoms with Crippen LogP contribution >= 0.6 is 0 Å². The molecule has 5 heteroatoms. The number of hydrogen-bond donors (Lipinski definition) is 1. The van der Waals surface area contributed by atoms with Gasteiger partial charge in [0.05, 0.1) is 7.11 Å². The highest BCUT2D eigenvalue weighted by Gasteiger charge is 2.21. The van der Waals surface area contributed by atoms with Crippen LogP contribution in [-0.2, 0) is 6.42 Å². The molecule has 2 heterocycles. The summed E-state index contributed by atoms with van der Waals surface area (Å²) < 4.78 is 5.13. The summed E-state index contributed by atoms with van der Waals surface area (Å²) in [6.07, 6.45) is 1.02. The number of methoxy groups -OCH3 is 1. The van der Waals surface area contributed by atoms with Gasteiger partial charge >= 0.3 is 0 Å². The number of ether oxygens (including phenoxy) is 1. The Labute approximate surface area is 105 Å². The molecule has 2 aromatic rings. The summed E-state index contributed by atoms with van der Waals surface area (Å²) in [7, 11) is 1.57. The van der Waals surface area contributed by atoms with Crippen molar-refractivity contribution in [2.45, 2.75) is 6.42 Å². The first-order valence-corrected chi connectivity index (χ1v) is 5.82. The minimum absolute atomic E-state index is 0.230. The van der Waals surface area contributed by atoms with E-state index >= 15 is 0 Å². The lowest BCUT2D eigenvalue weighted by molar-refractivity contribution is 0.398. The summed E-state index contributed by atoms with van der Waals surface area (Å²) in [4.78, 5) is 10.4. The molecule has 92 valence electrons. The van der Waals surface area contributed by atoms with Gasteiger partial charge < -0.3 is 15.4 Å². The fourth-order valence-electron chi connectivity index (χ4n) is 2.25. The lowest BCUT2D eigenvalue weighted by Gasteiger charge is -2.18. The average Bonchev–Trinajstić information content (AvgIpc) is 2.81. The van der Waals surface area contributed by atoms with Gasteiger partial charge in [0.15, 0.2) is 0 Å². The predicted molar refractivity (Wildman–Crippen MR) is 70.1 cm³/mol. The Morgan fingerprint density at radius 1 is 1.28 bits per heavy atom. The number of anilines is 3. The molecule has 1 aromatic heterocycles. The van der Waals surface area contributed by atoms with Gasteiger partial charge in [0.1, 0.15) is 5.82 Å². The van der Waals surface area contributed by atoms with E-state index in [9.17, 15) is 0 Å². The van der Waals surface area contributed by atoms with Gasteiger partial charge in [-0.15, -0.1) is 0 Å². The number of nitrogen functional groups attached to an aromatic ring is 1. The van der Waals surface area contributed by atoms with E-state index in [2.05, 4.69) is 33.1 Å². The zero-order chi connectivity index (χ0) is 12.5. The standard InChI is InChI=1S/C13H14N4O/c1-18-12-8-11(15-13(14)16-12)17-7-6-9-4-2-3-5-10(9)17/h2-5,8H,6-7H2,1H3,(H2,14,15,16). The normalized spacial score (nSPS) is 13.5. The van der Waals surface area contributed by atoms with Crippen LogP contribution in [0.3, 0.4) is 0 Å². The summed E-state index contributed by atoms with van der Waals surface area (Å²) in [5.41, 5.74) is 8.20. The second-order valence-electron chi connectivity index (χ2n) is 4.16. The highest BCUT2D eigenvalue weighted by Crippen LogP contribution is 2.34. The highest BCUT2D eigenvalue weighted by molar-refractivity contribution is 5.68. The van der Waals surface area contributed by atoms with Crippen molar-refractivity contribution in [1.29, 1.82) is 0 Å². The summed E-state index contributed by atoms with van der Waals surface area (Å²) in [5, 5.41) is 0. The molecule has 1 aliphatic heterocycles. The van der Waals surface area contributed by atoms with E-state index in [-0.39, 0.29) is 5.95 Å². The summed E-state index contributed by atoms with van der Waals surface area (Å²) in [6, 6.07) is 10.1. The number of rotatable bonds is 2. The average molecular weight is 242 g/mol. The smallest absolute Gasteiger partial charge is 0.225 e. The molecule has 0 fully saturated rings. The minimum atomic E-state index is 0.230. The van der Waals surface area contributed by atoms with Crippen molar-refractivity contribution < 1.29 is 4.74 Å². The van der Waals surface area contributed by atoms with Crippen LogP contribution in [0.1, 0.15) is 5.56 Å². The maximum Gasteiger partial charge on any atom is 0.225 e. The van der Waals surface area contributed by atoms with Crippen molar-refractivity contribution in [2.24, 2.45) is 0 Å². The van der Waals surface area contributed by atoms with Gasteiger partial charge in [-0.3, -0.25) is 0 Å². The van der Waals surface area contributed by atoms with E-state index in [1.165, 1.54) is 11.3 Å². The number of nitrogens with zero attached hydrogens (tertiary/aromatic N) is 3. The third kappa shape index (κ3) is 1.73. The minimum Gasteiger partial charge on any atom is -0.481 e. The van der Waals surface area contributed by atoms with E-state index < -0.39 is 0 Å². The molecule has 0 aliphatic carbocycles. The molecule has 0 bridgehead atoms. The van der Waals surface area contributed by atoms with Gasteiger partial charge in [-0.05, 0) is 18.1 Å². The number of nitrogens with two attached hydrogens (primary N) is 1. The molecule has 18 heavy (non-hydrogen) atoms. The second-order valence-corrected chi connectivity index (χ2v) is 4.16. The molecule has 0 atom stereocenters. The lowest BCUT2D eigenvalue weighted by Crippen LogP contribution is -2.16. The van der Waals surface area contributed by atoms with Crippen LogP contribution in [-0.4, -0.2) is 23.6 Å². The Morgan fingerprint density at radius 2 is 2.11 bits per heavy atom. The Balaban J connectivity index is 2.04. The van der Waals surface area contributed by atoms with E-state index in [0.717, 1.165) is 18.8 Å². The van der Waals surface area contributed by atoms with E-state index in [1.54, 1.807) is 13.2 Å². The topological polar surface area (TPSA) is 64.3 Å². The Kier molecular flexibility index (Phi) is 2.51. The van der Waals surface area contributed by atoms with Crippen LogP contribution in [0.4, 0.5) is 17.5 Å². The van der Waals surface area contributed by atoms with Gasteiger partial charge in [-0.2, -0.15) is 9.97 Å². The third-order valence-electron chi connectivity index (χ3n) is 3.08. The van der Waals surface area contributed by atoms with Crippen LogP contribution in [0, 0.1) is 0 Å². The van der Waals surface area contributed by atoms with Crippen LogP contribution in [0.5, 0.6) is 5.88 Å². The molecular formula is C13H14N4O. The maximum atomic E-state index is 5.69. The number of aromatic nitrogens is 2. The van der Waals surface area contributed by atoms with Gasteiger partial charge in [0.25, 0.3) is 0 Å². The van der Waals surface area contributed by atoms with Gasteiger partial charge in [0, 0.05) is 18.3 Å². The first kappa shape index (κ1) is 10.8. The SMILES string of the molecule is COc1cc(N2CCc3ccccc32)nc(N)n1. The van der Waals surface area contributed by atoms with E-state index in [0.29, 0.717) is 5.88 Å². The Hall–Kier alpha value is -2.30. The number of fused-ring (bicyclic) bond motifs is 1. The summed E-state index contributed by atoms with van der Waals surface area (Å²) in [6.45, 7) is 0.902. The first-order chi connectivity index (χ1) is 8.78. The fraction of sp³-hybridized carbons (Fsp3) is 0.231. The predicted octanol–water partition coefficient (Wildman–Crippen LogP) is 1.76. The van der Waals surface area contributed by atoms with E-state index in [4.69, 9.17) is 10.5 Å². The summed E-state index contributed by atoms with van der Waals surface area (Å²) >= 11 is 0. The molecule has 0 spiro atoms. The highest BCUT2D eigenvalue weighted by atomic mass is 16.5. The van der Waals surface area contributed by atoms with Gasteiger partial charge in [-0.25, -0.2) is 0 Å². The number of para-hydroxylation sites is 1. The molecule has 2 N–H and O–H groups in total. The molecule has 1 aromatic carbocycles. The van der Waals surface area contributed by atoms with Crippen molar-refractivity contribution in [2.75, 3.05) is 24.3 Å². The van der Waals surface area contributed by atoms with Gasteiger partial charge in [-0.1, -0.05) is 18.2 Å². The number of benzene rings is 1. The van der Waals surface area contributed by atoms with Crippen LogP contribution in [0.2, 0.25) is 0 Å². The van der Waals surface area contributed by atoms with Gasteiger partial charge in [0.2, 0.25) is 11.8 Å². The third-order valence-corrected chi connectivity index (χ3v) is 3.08. The molecule has 0 unspecified atom stereocenters. The zero-order valence-corrected chi connectivity index (χ0v) is 10.1. The van der Waals surface area contributed by atoms with Crippen molar-refractivity contribution in [1.82, 2.24) is 9.97 Å². The zero-order valence-electron chi connectivity index (χ0n) is 10.1. The Bertz CT molecular complexity index is 585. The van der Waals surface area contributed by atoms with Crippen molar-refractivity contribution in [3.63, 3.8) is 0 Å². The molecule has 1 aliphatic rings. The van der Waals surface area contributed by atoms with Crippen LogP contribution < -0.4 is 15.4 Å². The van der Waals surface area contributed by atoms with Crippen LogP contribution in [0.15, 0.2) is 30.3 Å². The Morgan fingerprint density at radius 3 is 2.94 bits per heavy atom. The molecule has 3 rings (SSSR count). The quantitative estimate of drug-likeness (QED) is 0.869. The van der Waals surface area contributed by atoms with Crippen molar-refractivity contribution >= 4 is 17.5 Å². The molecule has 0 radical (unpaired) electrons.